The van der Waals surface area contributed by atoms with Gasteiger partial charge in [-0.2, -0.15) is 5.10 Å². The number of nitrogens with zero attached hydrogens (tertiary/aromatic N) is 3. The van der Waals surface area contributed by atoms with Crippen molar-refractivity contribution in [2.75, 3.05) is 17.7 Å². The molecule has 0 spiro atoms. The number of carbonyl (C=O) groups excluding carboxylic acids is 1. The lowest BCUT2D eigenvalue weighted by molar-refractivity contribution is -0.110. The summed E-state index contributed by atoms with van der Waals surface area (Å²) in [6.45, 7) is 1.80. The molecule has 2 aromatic heterocycles. The van der Waals surface area contributed by atoms with E-state index >= 15 is 0 Å². The number of hydrogen-bond donors (Lipinski definition) is 4. The van der Waals surface area contributed by atoms with Gasteiger partial charge in [0.25, 0.3) is 5.91 Å². The van der Waals surface area contributed by atoms with Crippen molar-refractivity contribution in [1.29, 1.82) is 0 Å². The molecular formula is C20H21N7OS. The molecule has 2 heterocycles. The fraction of sp³-hybridized carbons (Fsp3) is 0.100. The first kappa shape index (κ1) is 20.3. The summed E-state index contributed by atoms with van der Waals surface area (Å²) in [5, 5.41) is 15.0. The zero-order chi connectivity index (χ0) is 20.8. The number of aryl methyl sites for hydroxylation is 1. The van der Waals surface area contributed by atoms with Crippen LogP contribution in [0.15, 0.2) is 64.9 Å². The van der Waals surface area contributed by atoms with E-state index in [9.17, 15) is 4.79 Å². The van der Waals surface area contributed by atoms with Gasteiger partial charge in [0.15, 0.2) is 5.71 Å². The molecule has 8 nitrogen and oxygen atoms in total. The van der Waals surface area contributed by atoms with E-state index in [1.165, 1.54) is 11.9 Å². The molecule has 1 aromatic carbocycles. The number of carbonyl (C=O) groups is 1. The Balaban J connectivity index is 1.80. The summed E-state index contributed by atoms with van der Waals surface area (Å²) in [5.41, 5.74) is 4.32. The Morgan fingerprint density at radius 1 is 1.07 bits per heavy atom. The van der Waals surface area contributed by atoms with Crippen LogP contribution in [0.5, 0.6) is 0 Å². The highest BCUT2D eigenvalue weighted by Crippen LogP contribution is 2.22. The van der Waals surface area contributed by atoms with Crippen molar-refractivity contribution in [1.82, 2.24) is 9.97 Å². The fourth-order valence-corrected chi connectivity index (χ4v) is 2.94. The summed E-state index contributed by atoms with van der Waals surface area (Å²) < 4.78 is 0. The van der Waals surface area contributed by atoms with Gasteiger partial charge in [-0.15, -0.1) is 0 Å². The van der Waals surface area contributed by atoms with Crippen LogP contribution in [0.1, 0.15) is 11.4 Å². The summed E-state index contributed by atoms with van der Waals surface area (Å²) in [6, 6.07) is 13.1. The average molecular weight is 408 g/mol. The average Bonchev–Trinajstić information content (AvgIpc) is 2.76. The lowest BCUT2D eigenvalue weighted by Gasteiger charge is -2.11. The Labute approximate surface area is 173 Å². The molecule has 6 N–H and O–H groups in total. The van der Waals surface area contributed by atoms with Crippen LogP contribution in [0.2, 0.25) is 0 Å². The molecule has 0 atom stereocenters. The Bertz CT molecular complexity index is 1030. The number of rotatable bonds is 6. The van der Waals surface area contributed by atoms with E-state index < -0.39 is 5.91 Å². The molecular weight excluding hydrogens is 386 g/mol. The van der Waals surface area contributed by atoms with Crippen molar-refractivity contribution in [2.45, 2.75) is 11.8 Å². The molecule has 0 radical (unpaired) electrons. The maximum atomic E-state index is 12.7. The van der Waals surface area contributed by atoms with E-state index in [4.69, 9.17) is 11.0 Å². The van der Waals surface area contributed by atoms with Gasteiger partial charge in [0.05, 0.1) is 29.0 Å². The molecule has 0 aliphatic carbocycles. The summed E-state index contributed by atoms with van der Waals surface area (Å²) in [7, 11) is 1.78. The molecule has 3 aromatic rings. The predicted molar refractivity (Wildman–Crippen MR) is 118 cm³/mol. The number of hydrogen-bond acceptors (Lipinski definition) is 8. The summed E-state index contributed by atoms with van der Waals surface area (Å²) >= 11 is 1.19. The topological polar surface area (TPSA) is 131 Å². The standard InChI is InChI=1S/C20H21N7OS/c1-12-18(9-15(23-2)11-24-12)26-20(28)19(27-21)17-8-5-14(10-25-17)13-3-6-16(29-22)7-4-13/h3-11,23H,21-22H2,1-2H3,(H,26,28)/b27-19+. The second-order valence-corrected chi connectivity index (χ2v) is 6.82. The Hall–Kier alpha value is -3.43. The Morgan fingerprint density at radius 3 is 2.38 bits per heavy atom. The molecule has 3 rings (SSSR count). The molecule has 0 saturated heterocycles. The second kappa shape index (κ2) is 9.18. The summed E-state index contributed by atoms with van der Waals surface area (Å²) in [6.07, 6.45) is 3.36. The number of amides is 1. The number of nitrogens with one attached hydrogen (secondary N) is 2. The molecule has 0 aliphatic heterocycles. The zero-order valence-corrected chi connectivity index (χ0v) is 16.8. The van der Waals surface area contributed by atoms with Gasteiger partial charge < -0.3 is 16.5 Å². The smallest absolute Gasteiger partial charge is 0.278 e. The molecule has 148 valence electrons. The molecule has 0 unspecified atom stereocenters. The van der Waals surface area contributed by atoms with Crippen molar-refractivity contribution in [2.24, 2.45) is 16.1 Å². The lowest BCUT2D eigenvalue weighted by Crippen LogP contribution is -2.26. The minimum atomic E-state index is -0.463. The van der Waals surface area contributed by atoms with Crippen LogP contribution < -0.4 is 21.6 Å². The van der Waals surface area contributed by atoms with Crippen molar-refractivity contribution in [3.05, 3.63) is 66.2 Å². The normalized spacial score (nSPS) is 11.2. The first-order chi connectivity index (χ1) is 14.0. The van der Waals surface area contributed by atoms with Crippen molar-refractivity contribution >= 4 is 34.9 Å². The third-order valence-corrected chi connectivity index (χ3v) is 4.84. The minimum absolute atomic E-state index is 0.0284. The number of hydrazone groups is 1. The van der Waals surface area contributed by atoms with Crippen LogP contribution >= 0.6 is 11.9 Å². The molecule has 0 fully saturated rings. The van der Waals surface area contributed by atoms with Crippen molar-refractivity contribution < 1.29 is 4.79 Å². The van der Waals surface area contributed by atoms with Gasteiger partial charge in [-0.05, 0) is 48.7 Å². The van der Waals surface area contributed by atoms with E-state index in [1.54, 1.807) is 38.5 Å². The highest BCUT2D eigenvalue weighted by molar-refractivity contribution is 7.97. The van der Waals surface area contributed by atoms with Gasteiger partial charge in [-0.3, -0.25) is 19.9 Å². The Kier molecular flexibility index (Phi) is 6.43. The molecule has 9 heteroatoms. The van der Waals surface area contributed by atoms with Gasteiger partial charge in [-0.25, -0.2) is 0 Å². The first-order valence-electron chi connectivity index (χ1n) is 8.73. The van der Waals surface area contributed by atoms with Gasteiger partial charge in [0, 0.05) is 23.7 Å². The molecule has 0 aliphatic rings. The van der Waals surface area contributed by atoms with Crippen LogP contribution in [0.3, 0.4) is 0 Å². The maximum absolute atomic E-state index is 12.7. The summed E-state index contributed by atoms with van der Waals surface area (Å²) in [5.74, 6) is 5.02. The number of pyridine rings is 2. The fourth-order valence-electron chi connectivity index (χ4n) is 2.65. The highest BCUT2D eigenvalue weighted by atomic mass is 32.2. The van der Waals surface area contributed by atoms with Gasteiger partial charge >= 0.3 is 0 Å². The van der Waals surface area contributed by atoms with Crippen LogP contribution in [0.4, 0.5) is 11.4 Å². The Morgan fingerprint density at radius 2 is 1.79 bits per heavy atom. The van der Waals surface area contributed by atoms with Gasteiger partial charge in [0.2, 0.25) is 0 Å². The monoisotopic (exact) mass is 407 g/mol. The zero-order valence-electron chi connectivity index (χ0n) is 16.0. The molecule has 0 saturated carbocycles. The van der Waals surface area contributed by atoms with E-state index in [0.29, 0.717) is 17.1 Å². The van der Waals surface area contributed by atoms with Crippen LogP contribution in [0, 0.1) is 6.92 Å². The van der Waals surface area contributed by atoms with Crippen molar-refractivity contribution in [3.63, 3.8) is 0 Å². The lowest BCUT2D eigenvalue weighted by atomic mass is 10.1. The second-order valence-electron chi connectivity index (χ2n) is 6.11. The highest BCUT2D eigenvalue weighted by Gasteiger charge is 2.17. The van der Waals surface area contributed by atoms with Gasteiger partial charge in [-0.1, -0.05) is 18.2 Å². The minimum Gasteiger partial charge on any atom is -0.387 e. The van der Waals surface area contributed by atoms with E-state index in [0.717, 1.165) is 21.7 Å². The third kappa shape index (κ3) is 4.71. The van der Waals surface area contributed by atoms with Crippen LogP contribution in [0.25, 0.3) is 11.1 Å². The molecule has 0 bridgehead atoms. The molecule has 29 heavy (non-hydrogen) atoms. The predicted octanol–water partition coefficient (Wildman–Crippen LogP) is 2.76. The van der Waals surface area contributed by atoms with E-state index in [2.05, 4.69) is 25.7 Å². The van der Waals surface area contributed by atoms with E-state index in [1.807, 2.05) is 30.3 Å². The van der Waals surface area contributed by atoms with Gasteiger partial charge in [0.1, 0.15) is 0 Å². The van der Waals surface area contributed by atoms with Crippen molar-refractivity contribution in [3.8, 4) is 11.1 Å². The number of aromatic nitrogens is 2. The van der Waals surface area contributed by atoms with Crippen LogP contribution in [-0.4, -0.2) is 28.6 Å². The number of nitrogens with two attached hydrogens (primary N) is 2. The van der Waals surface area contributed by atoms with Crippen LogP contribution in [-0.2, 0) is 4.79 Å². The first-order valence-corrected chi connectivity index (χ1v) is 9.61. The van der Waals surface area contributed by atoms with E-state index in [-0.39, 0.29) is 5.71 Å². The third-order valence-electron chi connectivity index (χ3n) is 4.30. The molecule has 1 amide bonds. The largest absolute Gasteiger partial charge is 0.387 e. The maximum Gasteiger partial charge on any atom is 0.278 e. The quantitative estimate of drug-likeness (QED) is 0.214. The summed E-state index contributed by atoms with van der Waals surface area (Å²) in [4.78, 5) is 22.3. The number of anilines is 2. The number of benzene rings is 1. The SMILES string of the molecule is CNc1cnc(C)c(NC(=O)/C(=N/N)c2ccc(-c3ccc(SN)cc3)cn2)c1.